The second-order valence-corrected chi connectivity index (χ2v) is 10.9. The summed E-state index contributed by atoms with van der Waals surface area (Å²) >= 11 is 1.40. The largest absolute Gasteiger partial charge is 0.508 e. The van der Waals surface area contributed by atoms with Gasteiger partial charge in [-0.25, -0.2) is 0 Å². The Labute approximate surface area is 255 Å². The molecular formula is C34H33N3O5S. The summed E-state index contributed by atoms with van der Waals surface area (Å²) in [7, 11) is 1.45. The van der Waals surface area contributed by atoms with Gasteiger partial charge in [-0.05, 0) is 73.5 Å². The number of hydrogen-bond acceptors (Lipinski definition) is 6. The molecule has 0 aliphatic carbocycles. The van der Waals surface area contributed by atoms with Crippen LogP contribution in [-0.2, 0) is 9.59 Å². The number of benzene rings is 4. The molecule has 0 saturated heterocycles. The number of para-hydroxylation sites is 1. The van der Waals surface area contributed by atoms with E-state index in [0.29, 0.717) is 29.0 Å². The molecule has 0 fully saturated rings. The molecule has 4 N–H and O–H groups in total. The summed E-state index contributed by atoms with van der Waals surface area (Å²) in [6.45, 7) is 3.89. The van der Waals surface area contributed by atoms with Gasteiger partial charge in [-0.15, -0.1) is 11.8 Å². The van der Waals surface area contributed by atoms with Crippen molar-refractivity contribution in [2.75, 3.05) is 17.7 Å². The Morgan fingerprint density at radius 2 is 1.65 bits per heavy atom. The molecule has 0 radical (unpaired) electrons. The first-order valence-electron chi connectivity index (χ1n) is 13.7. The maximum absolute atomic E-state index is 13.5. The number of aryl methyl sites for hydroxylation is 1. The first-order valence-corrected chi connectivity index (χ1v) is 14.5. The number of ether oxygens (including phenoxy) is 1. The molecule has 3 amide bonds. The van der Waals surface area contributed by atoms with Gasteiger partial charge in [-0.2, -0.15) is 0 Å². The van der Waals surface area contributed by atoms with Crippen molar-refractivity contribution in [2.24, 2.45) is 0 Å². The number of aromatic hydroxyl groups is 1. The van der Waals surface area contributed by atoms with Gasteiger partial charge < -0.3 is 25.8 Å². The van der Waals surface area contributed by atoms with Crippen molar-refractivity contribution < 1.29 is 24.2 Å². The Bertz CT molecular complexity index is 1640. The Morgan fingerprint density at radius 3 is 2.37 bits per heavy atom. The number of amides is 3. The first kappa shape index (κ1) is 30.9. The minimum atomic E-state index is -0.564. The number of rotatable bonds is 11. The number of hydrogen-bond donors (Lipinski definition) is 4. The van der Waals surface area contributed by atoms with Crippen LogP contribution in [0.3, 0.4) is 0 Å². The SMILES string of the molecule is CCC(Sc1cccc(NC(=O)/C(=C\c2ccc(O)cc2OC)NC(=O)c2ccccc2)c1)C(=O)Nc1ccccc1C. The lowest BCUT2D eigenvalue weighted by Crippen LogP contribution is -2.30. The van der Waals surface area contributed by atoms with Crippen LogP contribution in [0.15, 0.2) is 108 Å². The van der Waals surface area contributed by atoms with Gasteiger partial charge >= 0.3 is 0 Å². The van der Waals surface area contributed by atoms with E-state index in [-0.39, 0.29) is 22.6 Å². The summed E-state index contributed by atoms with van der Waals surface area (Å²) in [5.74, 6) is -0.804. The van der Waals surface area contributed by atoms with Gasteiger partial charge in [0, 0.05) is 33.5 Å². The number of phenolic OH excluding ortho intramolecular Hbond substituents is 1. The van der Waals surface area contributed by atoms with E-state index >= 15 is 0 Å². The molecule has 4 rings (SSSR count). The number of nitrogens with one attached hydrogen (secondary N) is 3. The molecule has 0 saturated carbocycles. The number of thioether (sulfide) groups is 1. The van der Waals surface area contributed by atoms with Crippen molar-refractivity contribution in [1.82, 2.24) is 5.32 Å². The molecule has 0 aromatic heterocycles. The van der Waals surface area contributed by atoms with Crippen LogP contribution in [-0.4, -0.2) is 35.2 Å². The standard InChI is InChI=1S/C34H33N3O5S/c1-4-31(34(41)36-28-16-9-8-11-22(28)2)43-27-15-10-14-25(20-27)35-33(40)29(37-32(39)23-12-6-5-7-13-23)19-24-17-18-26(38)21-30(24)42-3/h5-21,31,38H,4H2,1-3H3,(H,35,40)(H,36,41)(H,37,39)/b29-19+. The highest BCUT2D eigenvalue weighted by Crippen LogP contribution is 2.30. The summed E-state index contributed by atoms with van der Waals surface area (Å²) in [6.07, 6.45) is 2.09. The minimum Gasteiger partial charge on any atom is -0.508 e. The normalized spacial score (nSPS) is 11.7. The van der Waals surface area contributed by atoms with Crippen LogP contribution in [0, 0.1) is 6.92 Å². The third kappa shape index (κ3) is 8.50. The van der Waals surface area contributed by atoms with Crippen molar-refractivity contribution in [3.63, 3.8) is 0 Å². The van der Waals surface area contributed by atoms with Crippen LogP contribution >= 0.6 is 11.8 Å². The molecule has 43 heavy (non-hydrogen) atoms. The lowest BCUT2D eigenvalue weighted by Gasteiger charge is -2.17. The average Bonchev–Trinajstić information content (AvgIpc) is 3.01. The van der Waals surface area contributed by atoms with Crippen LogP contribution in [0.4, 0.5) is 11.4 Å². The zero-order valence-corrected chi connectivity index (χ0v) is 24.9. The lowest BCUT2D eigenvalue weighted by molar-refractivity contribution is -0.116. The molecule has 4 aromatic carbocycles. The van der Waals surface area contributed by atoms with Crippen LogP contribution in [0.2, 0.25) is 0 Å². The number of carbonyl (C=O) groups is 3. The fraction of sp³-hybridized carbons (Fsp3) is 0.147. The van der Waals surface area contributed by atoms with E-state index in [4.69, 9.17) is 4.74 Å². The van der Waals surface area contributed by atoms with E-state index in [1.807, 2.05) is 44.2 Å². The quantitative estimate of drug-likeness (QED) is 0.114. The summed E-state index contributed by atoms with van der Waals surface area (Å²) in [4.78, 5) is 40.4. The van der Waals surface area contributed by atoms with Crippen LogP contribution in [0.5, 0.6) is 11.5 Å². The highest BCUT2D eigenvalue weighted by atomic mass is 32.2. The van der Waals surface area contributed by atoms with Gasteiger partial charge in [-0.3, -0.25) is 14.4 Å². The molecule has 4 aromatic rings. The van der Waals surface area contributed by atoms with Crippen molar-refractivity contribution in [2.45, 2.75) is 30.4 Å². The molecule has 0 bridgehead atoms. The maximum atomic E-state index is 13.5. The summed E-state index contributed by atoms with van der Waals surface area (Å²) in [5.41, 5.74) is 3.07. The molecule has 0 aliphatic heterocycles. The summed E-state index contributed by atoms with van der Waals surface area (Å²) < 4.78 is 5.36. The van der Waals surface area contributed by atoms with Gasteiger partial charge in [0.15, 0.2) is 0 Å². The molecule has 0 spiro atoms. The Hall–Kier alpha value is -5.02. The second-order valence-electron chi connectivity index (χ2n) is 9.61. The number of methoxy groups -OCH3 is 1. The van der Waals surface area contributed by atoms with E-state index < -0.39 is 11.8 Å². The zero-order chi connectivity index (χ0) is 30.8. The fourth-order valence-electron chi connectivity index (χ4n) is 4.18. The smallest absolute Gasteiger partial charge is 0.272 e. The van der Waals surface area contributed by atoms with E-state index in [1.165, 1.54) is 37.1 Å². The second kappa shape index (κ2) is 14.7. The summed E-state index contributed by atoms with van der Waals surface area (Å²) in [5, 5.41) is 18.1. The van der Waals surface area contributed by atoms with Gasteiger partial charge in [0.1, 0.15) is 17.2 Å². The van der Waals surface area contributed by atoms with Gasteiger partial charge in [0.2, 0.25) is 5.91 Å². The molecule has 1 unspecified atom stereocenters. The number of phenols is 1. The number of carbonyl (C=O) groups excluding carboxylic acids is 3. The fourth-order valence-corrected chi connectivity index (χ4v) is 5.19. The topological polar surface area (TPSA) is 117 Å². The first-order chi connectivity index (χ1) is 20.8. The van der Waals surface area contributed by atoms with Gasteiger partial charge in [0.25, 0.3) is 11.8 Å². The lowest BCUT2D eigenvalue weighted by atomic mass is 10.1. The van der Waals surface area contributed by atoms with E-state index in [9.17, 15) is 19.5 Å². The third-order valence-electron chi connectivity index (χ3n) is 6.48. The Kier molecular flexibility index (Phi) is 10.6. The van der Waals surface area contributed by atoms with Crippen molar-refractivity contribution >= 4 is 46.9 Å². The van der Waals surface area contributed by atoms with Crippen molar-refractivity contribution in [3.8, 4) is 11.5 Å². The van der Waals surface area contributed by atoms with E-state index in [0.717, 1.165) is 16.1 Å². The molecule has 9 heteroatoms. The third-order valence-corrected chi connectivity index (χ3v) is 7.84. The number of anilines is 2. The van der Waals surface area contributed by atoms with Crippen LogP contribution in [0.1, 0.15) is 34.8 Å². The molecule has 1 atom stereocenters. The van der Waals surface area contributed by atoms with E-state index in [1.54, 1.807) is 54.6 Å². The van der Waals surface area contributed by atoms with Crippen molar-refractivity contribution in [1.29, 1.82) is 0 Å². The molecule has 8 nitrogen and oxygen atoms in total. The molecular weight excluding hydrogens is 562 g/mol. The summed E-state index contributed by atoms with van der Waals surface area (Å²) in [6, 6.07) is 27.8. The van der Waals surface area contributed by atoms with Crippen molar-refractivity contribution in [3.05, 3.63) is 119 Å². The Balaban J connectivity index is 1.54. The predicted molar refractivity (Wildman–Crippen MR) is 171 cm³/mol. The van der Waals surface area contributed by atoms with E-state index in [2.05, 4.69) is 16.0 Å². The van der Waals surface area contributed by atoms with Crippen LogP contribution < -0.4 is 20.7 Å². The molecule has 0 heterocycles. The van der Waals surface area contributed by atoms with Crippen LogP contribution in [0.25, 0.3) is 6.08 Å². The predicted octanol–water partition coefficient (Wildman–Crippen LogP) is 6.63. The zero-order valence-electron chi connectivity index (χ0n) is 24.1. The molecule has 220 valence electrons. The maximum Gasteiger partial charge on any atom is 0.272 e. The minimum absolute atomic E-state index is 0.000561. The highest BCUT2D eigenvalue weighted by Gasteiger charge is 2.20. The highest BCUT2D eigenvalue weighted by molar-refractivity contribution is 8.00. The molecule has 0 aliphatic rings. The Morgan fingerprint density at radius 1 is 0.907 bits per heavy atom. The van der Waals surface area contributed by atoms with Gasteiger partial charge in [0.05, 0.1) is 12.4 Å². The van der Waals surface area contributed by atoms with Gasteiger partial charge in [-0.1, -0.05) is 49.4 Å². The average molecular weight is 596 g/mol. The monoisotopic (exact) mass is 595 g/mol.